The van der Waals surface area contributed by atoms with Crippen molar-refractivity contribution in [2.24, 2.45) is 5.92 Å². The number of amides is 1. The summed E-state index contributed by atoms with van der Waals surface area (Å²) in [6, 6.07) is 12.5. The van der Waals surface area contributed by atoms with Crippen molar-refractivity contribution in [3.8, 4) is 22.3 Å². The van der Waals surface area contributed by atoms with Gasteiger partial charge in [0, 0.05) is 53.5 Å². The van der Waals surface area contributed by atoms with Gasteiger partial charge in [0.2, 0.25) is 0 Å². The third kappa shape index (κ3) is 3.91. The lowest BCUT2D eigenvalue weighted by Crippen LogP contribution is -2.35. The maximum atomic E-state index is 15.0. The maximum absolute atomic E-state index is 15.0. The number of hydrogen-bond acceptors (Lipinski definition) is 4. The molecule has 0 radical (unpaired) electrons. The number of pyridine rings is 1. The van der Waals surface area contributed by atoms with Crippen LogP contribution in [0.1, 0.15) is 27.9 Å². The van der Waals surface area contributed by atoms with Gasteiger partial charge >= 0.3 is 6.18 Å². The van der Waals surface area contributed by atoms with Crippen molar-refractivity contribution in [3.63, 3.8) is 0 Å². The Morgan fingerprint density at radius 3 is 2.61 bits per heavy atom. The molecule has 0 spiro atoms. The van der Waals surface area contributed by atoms with E-state index in [1.54, 1.807) is 18.3 Å². The summed E-state index contributed by atoms with van der Waals surface area (Å²) in [4.78, 5) is 17.8. The number of benzene rings is 2. The molecule has 1 aliphatic carbocycles. The molecule has 2 fully saturated rings. The van der Waals surface area contributed by atoms with Gasteiger partial charge in [-0.25, -0.2) is 9.37 Å². The zero-order chi connectivity index (χ0) is 25.2. The molecular formula is C27H24F4N4O. The summed E-state index contributed by atoms with van der Waals surface area (Å²) in [6.45, 7) is 0.515. The fourth-order valence-corrected chi connectivity index (χ4v) is 5.90. The quantitative estimate of drug-likeness (QED) is 0.520. The fraction of sp³-hybridized carbons (Fsp3) is 0.333. The van der Waals surface area contributed by atoms with Gasteiger partial charge in [-0.15, -0.1) is 0 Å². The van der Waals surface area contributed by atoms with Crippen molar-refractivity contribution in [3.05, 3.63) is 71.2 Å². The van der Waals surface area contributed by atoms with E-state index in [1.807, 2.05) is 24.3 Å². The van der Waals surface area contributed by atoms with Crippen LogP contribution in [-0.4, -0.2) is 48.1 Å². The second-order valence-electron chi connectivity index (χ2n) is 10.1. The van der Waals surface area contributed by atoms with E-state index >= 15 is 4.39 Å². The number of piperidine rings is 1. The maximum Gasteiger partial charge on any atom is 0.401 e. The first-order valence-electron chi connectivity index (χ1n) is 11.9. The molecule has 2 aromatic carbocycles. The van der Waals surface area contributed by atoms with E-state index in [0.29, 0.717) is 42.7 Å². The first-order valence-corrected chi connectivity index (χ1v) is 11.9. The monoisotopic (exact) mass is 496 g/mol. The number of rotatable bonds is 4. The van der Waals surface area contributed by atoms with Crippen LogP contribution in [0.15, 0.2) is 48.7 Å². The molecule has 0 bridgehead atoms. The highest BCUT2D eigenvalue weighted by Crippen LogP contribution is 2.59. The van der Waals surface area contributed by atoms with Gasteiger partial charge in [0.05, 0.1) is 6.54 Å². The molecule has 3 aliphatic rings. The lowest BCUT2D eigenvalue weighted by molar-refractivity contribution is -0.144. The summed E-state index contributed by atoms with van der Waals surface area (Å²) < 4.78 is 53.5. The molecular weight excluding hydrogens is 472 g/mol. The lowest BCUT2D eigenvalue weighted by Gasteiger charge is -2.22. The van der Waals surface area contributed by atoms with E-state index in [1.165, 1.54) is 11.0 Å². The van der Waals surface area contributed by atoms with Gasteiger partial charge in [0.15, 0.2) is 0 Å². The highest BCUT2D eigenvalue weighted by Gasteiger charge is 2.61. The molecule has 3 heterocycles. The Balaban J connectivity index is 1.28. The lowest BCUT2D eigenvalue weighted by atomic mass is 9.91. The summed E-state index contributed by atoms with van der Waals surface area (Å²) in [7, 11) is 0. The summed E-state index contributed by atoms with van der Waals surface area (Å²) in [5.74, 6) is -0.396. The van der Waals surface area contributed by atoms with Crippen LogP contribution in [0.5, 0.6) is 0 Å². The van der Waals surface area contributed by atoms with Crippen molar-refractivity contribution < 1.29 is 22.4 Å². The normalized spacial score (nSPS) is 23.2. The number of likely N-dealkylation sites (tertiary alicyclic amines) is 1. The predicted octanol–water partition coefficient (Wildman–Crippen LogP) is 4.56. The average molecular weight is 497 g/mol. The zero-order valence-electron chi connectivity index (χ0n) is 19.3. The van der Waals surface area contributed by atoms with Crippen LogP contribution in [0.3, 0.4) is 0 Å². The topological polar surface area (TPSA) is 71.2 Å². The third-order valence-corrected chi connectivity index (χ3v) is 7.74. The van der Waals surface area contributed by atoms with Crippen LogP contribution >= 0.6 is 0 Å². The number of nitrogens with two attached hydrogens (primary N) is 1. The first kappa shape index (κ1) is 23.0. The number of halogens is 4. The van der Waals surface area contributed by atoms with E-state index in [2.05, 4.69) is 10.3 Å². The number of alkyl halides is 3. The van der Waals surface area contributed by atoms with E-state index in [9.17, 15) is 18.0 Å². The molecule has 2 atom stereocenters. The van der Waals surface area contributed by atoms with Crippen LogP contribution in [-0.2, 0) is 11.8 Å². The highest BCUT2D eigenvalue weighted by molar-refractivity contribution is 5.97. The predicted molar refractivity (Wildman–Crippen MR) is 128 cm³/mol. The number of carbonyl (C=O) groups is 1. The summed E-state index contributed by atoms with van der Waals surface area (Å²) in [5, 5.41) is 2.71. The zero-order valence-corrected chi connectivity index (χ0v) is 19.3. The molecule has 3 N–H and O–H groups in total. The van der Waals surface area contributed by atoms with Gasteiger partial charge in [0.25, 0.3) is 5.91 Å². The molecule has 2 aliphatic heterocycles. The van der Waals surface area contributed by atoms with Gasteiger partial charge < -0.3 is 11.1 Å². The van der Waals surface area contributed by atoms with E-state index in [4.69, 9.17) is 5.73 Å². The van der Waals surface area contributed by atoms with E-state index in [-0.39, 0.29) is 23.1 Å². The molecule has 1 aromatic heterocycles. The highest BCUT2D eigenvalue weighted by atomic mass is 19.4. The van der Waals surface area contributed by atoms with Crippen LogP contribution < -0.4 is 11.1 Å². The number of carbonyl (C=O) groups excluding carboxylic acids is 1. The molecule has 1 saturated heterocycles. The smallest absolute Gasteiger partial charge is 0.383 e. The van der Waals surface area contributed by atoms with Gasteiger partial charge in [-0.1, -0.05) is 24.3 Å². The van der Waals surface area contributed by atoms with Crippen molar-refractivity contribution in [2.45, 2.75) is 24.4 Å². The van der Waals surface area contributed by atoms with Gasteiger partial charge in [-0.3, -0.25) is 9.69 Å². The van der Waals surface area contributed by atoms with Crippen molar-refractivity contribution in [1.82, 2.24) is 15.2 Å². The minimum atomic E-state index is -4.19. The van der Waals surface area contributed by atoms with Gasteiger partial charge in [-0.05, 0) is 53.6 Å². The molecule has 5 nitrogen and oxygen atoms in total. The van der Waals surface area contributed by atoms with Crippen molar-refractivity contribution in [2.75, 3.05) is 31.9 Å². The Labute approximate surface area is 205 Å². The number of aromatic nitrogens is 1. The minimum absolute atomic E-state index is 0.185. The second kappa shape index (κ2) is 8.03. The Morgan fingerprint density at radius 1 is 1.08 bits per heavy atom. The molecule has 0 unspecified atom stereocenters. The summed E-state index contributed by atoms with van der Waals surface area (Å²) in [6.07, 6.45) is -1.06. The SMILES string of the molecule is Nc1ncc(-c2ccc([C@@]34C[C@@H]3CN(CC(F)(F)F)C4)cc2)cc1-c1cc2c(cc1F)C(=O)NCC2. The number of hydrogen-bond donors (Lipinski definition) is 2. The van der Waals surface area contributed by atoms with Crippen molar-refractivity contribution in [1.29, 1.82) is 0 Å². The summed E-state index contributed by atoms with van der Waals surface area (Å²) in [5.41, 5.74) is 10.4. The minimum Gasteiger partial charge on any atom is -0.383 e. The average Bonchev–Trinajstić information content (AvgIpc) is 3.40. The first-order chi connectivity index (χ1) is 17.1. The Hall–Kier alpha value is -3.46. The van der Waals surface area contributed by atoms with E-state index in [0.717, 1.165) is 28.7 Å². The van der Waals surface area contributed by atoms with Crippen LogP contribution in [0.2, 0.25) is 0 Å². The molecule has 9 heteroatoms. The fourth-order valence-electron chi connectivity index (χ4n) is 5.90. The second-order valence-corrected chi connectivity index (χ2v) is 10.1. The van der Waals surface area contributed by atoms with Crippen LogP contribution in [0.4, 0.5) is 23.4 Å². The third-order valence-electron chi connectivity index (χ3n) is 7.74. The summed E-state index contributed by atoms with van der Waals surface area (Å²) >= 11 is 0. The standard InChI is InChI=1S/C27H24F4N4O/c28-23-9-20-16(5-6-33-25(20)36)7-21(23)22-8-17(11-34-24(22)32)15-1-3-18(4-2-15)26-10-19(26)12-35(13-26)14-27(29,30)31/h1-4,7-9,11,19H,5-6,10,12-14H2,(H2,32,34)(H,33,36)/t19-,26+/m1/s1. The van der Waals surface area contributed by atoms with Crippen LogP contribution in [0, 0.1) is 11.7 Å². The number of nitrogen functional groups attached to an aromatic ring is 1. The largest absolute Gasteiger partial charge is 0.401 e. The molecule has 36 heavy (non-hydrogen) atoms. The van der Waals surface area contributed by atoms with Crippen LogP contribution in [0.25, 0.3) is 22.3 Å². The Kier molecular flexibility index (Phi) is 5.12. The number of nitrogens with zero attached hydrogens (tertiary/aromatic N) is 2. The molecule has 186 valence electrons. The number of anilines is 1. The van der Waals surface area contributed by atoms with Gasteiger partial charge in [-0.2, -0.15) is 13.2 Å². The Morgan fingerprint density at radius 2 is 1.86 bits per heavy atom. The molecule has 1 saturated carbocycles. The van der Waals surface area contributed by atoms with E-state index < -0.39 is 18.5 Å². The molecule has 6 rings (SSSR count). The molecule has 1 amide bonds. The number of fused-ring (bicyclic) bond motifs is 2. The molecule has 3 aromatic rings. The van der Waals surface area contributed by atoms with Crippen molar-refractivity contribution >= 4 is 11.7 Å². The number of nitrogens with one attached hydrogen (secondary N) is 1. The Bertz CT molecular complexity index is 1370. The van der Waals surface area contributed by atoms with Gasteiger partial charge in [0.1, 0.15) is 11.6 Å².